The maximum atomic E-state index is 6.09. The van der Waals surface area contributed by atoms with Crippen LogP contribution in [0.1, 0.15) is 33.1 Å². The van der Waals surface area contributed by atoms with Crippen molar-refractivity contribution in [2.24, 2.45) is 9.98 Å². The largest absolute Gasteiger partial charge is 0.492 e. The van der Waals surface area contributed by atoms with E-state index in [0.717, 1.165) is 36.8 Å². The molecule has 4 rings (SSSR count). The molecule has 1 aromatic rings. The van der Waals surface area contributed by atoms with Gasteiger partial charge in [0.25, 0.3) is 0 Å². The van der Waals surface area contributed by atoms with Crippen LogP contribution in [0.4, 0.5) is 5.69 Å². The summed E-state index contributed by atoms with van der Waals surface area (Å²) in [4.78, 5) is 11.1. The Labute approximate surface area is 167 Å². The number of allylic oxidation sites excluding steroid dienone is 1. The highest BCUT2D eigenvalue weighted by Gasteiger charge is 2.46. The summed E-state index contributed by atoms with van der Waals surface area (Å²) >= 11 is 0. The number of anilines is 1. The van der Waals surface area contributed by atoms with Gasteiger partial charge in [-0.05, 0) is 44.5 Å². The average molecular weight is 381 g/mol. The van der Waals surface area contributed by atoms with E-state index in [-0.39, 0.29) is 0 Å². The van der Waals surface area contributed by atoms with Gasteiger partial charge in [-0.15, -0.1) is 4.59 Å². The van der Waals surface area contributed by atoms with Gasteiger partial charge >= 0.3 is 0 Å². The van der Waals surface area contributed by atoms with Crippen LogP contribution >= 0.6 is 0 Å². The van der Waals surface area contributed by atoms with Gasteiger partial charge < -0.3 is 9.64 Å². The third kappa shape index (κ3) is 3.50. The fraction of sp³-hybridized carbons (Fsp3) is 0.455. The molecular weight excluding hydrogens is 350 g/mol. The van der Waals surface area contributed by atoms with Crippen LogP contribution in [0, 0.1) is 0 Å². The number of likely N-dealkylation sites (N-methyl/N-ethyl adjacent to an activating group) is 1. The van der Waals surface area contributed by atoms with Crippen molar-refractivity contribution in [2.75, 3.05) is 31.3 Å². The van der Waals surface area contributed by atoms with Gasteiger partial charge in [0, 0.05) is 12.6 Å². The Bertz CT molecular complexity index is 807. The topological polar surface area (TPSA) is 40.4 Å². The molecule has 0 bridgehead atoms. The van der Waals surface area contributed by atoms with E-state index in [1.54, 1.807) is 0 Å². The van der Waals surface area contributed by atoms with E-state index < -0.39 is 0 Å². The number of hydrogen-bond acceptors (Lipinski definition) is 5. The Kier molecular flexibility index (Phi) is 5.59. The molecular formula is C22H30N5O+. The van der Waals surface area contributed by atoms with Crippen LogP contribution in [-0.2, 0) is 0 Å². The third-order valence-corrected chi connectivity index (χ3v) is 5.88. The molecule has 2 heterocycles. The Morgan fingerprint density at radius 2 is 2.04 bits per heavy atom. The van der Waals surface area contributed by atoms with Crippen LogP contribution in [0.25, 0.3) is 0 Å². The molecule has 6 heteroatoms. The summed E-state index contributed by atoms with van der Waals surface area (Å²) in [5, 5.41) is 2.45. The minimum absolute atomic E-state index is 0.482. The SMILES string of the molecule is CCN(CC)CCOc1cccc(N(C2CCC2)[N+]23C=CN=CC2=CN=C3)c1. The van der Waals surface area contributed by atoms with Gasteiger partial charge in [0.2, 0.25) is 12.0 Å². The number of fused-ring (bicyclic) bond motifs is 1. The van der Waals surface area contributed by atoms with Crippen LogP contribution in [0.5, 0.6) is 5.75 Å². The van der Waals surface area contributed by atoms with Gasteiger partial charge in [-0.1, -0.05) is 19.9 Å². The predicted octanol–water partition coefficient (Wildman–Crippen LogP) is 3.94. The molecule has 0 amide bonds. The van der Waals surface area contributed by atoms with Crippen LogP contribution in [-0.4, -0.2) is 54.3 Å². The van der Waals surface area contributed by atoms with E-state index in [2.05, 4.69) is 58.1 Å². The molecule has 28 heavy (non-hydrogen) atoms. The molecule has 0 N–H and O–H groups in total. The number of quaternary nitrogens is 1. The number of aliphatic imine (C=N–C) groups is 2. The number of rotatable bonds is 9. The molecule has 2 aliphatic heterocycles. The molecule has 0 aromatic heterocycles. The molecule has 0 saturated heterocycles. The lowest BCUT2D eigenvalue weighted by molar-refractivity contribution is -0.746. The Morgan fingerprint density at radius 1 is 1.18 bits per heavy atom. The minimum Gasteiger partial charge on any atom is -0.492 e. The van der Waals surface area contributed by atoms with Gasteiger partial charge in [-0.3, -0.25) is 4.99 Å². The molecule has 1 unspecified atom stereocenters. The summed E-state index contributed by atoms with van der Waals surface area (Å²) in [6.45, 7) is 8.13. The van der Waals surface area contributed by atoms with Crippen molar-refractivity contribution in [3.05, 3.63) is 48.6 Å². The van der Waals surface area contributed by atoms with Crippen molar-refractivity contribution >= 4 is 18.2 Å². The monoisotopic (exact) mass is 380 g/mol. The smallest absolute Gasteiger partial charge is 0.225 e. The first-order chi connectivity index (χ1) is 13.8. The predicted molar refractivity (Wildman–Crippen MR) is 114 cm³/mol. The van der Waals surface area contributed by atoms with Gasteiger partial charge in [0.05, 0.1) is 30.3 Å². The Hall–Kier alpha value is -2.44. The summed E-state index contributed by atoms with van der Waals surface area (Å²) < 4.78 is 6.57. The number of benzene rings is 1. The Morgan fingerprint density at radius 3 is 2.79 bits per heavy atom. The van der Waals surface area contributed by atoms with Crippen LogP contribution in [0.15, 0.2) is 58.5 Å². The number of hydrogen-bond donors (Lipinski definition) is 0. The Balaban J connectivity index is 1.57. The fourth-order valence-corrected chi connectivity index (χ4v) is 3.98. The first kappa shape index (κ1) is 18.9. The molecule has 0 spiro atoms. The standard InChI is InChI=1S/C22H30N5O/c1-3-25(4-2)12-14-28-22-10-6-9-20(15-22)26(19-7-5-8-19)27-13-11-23-16-21(27)17-24-18-27/h6,9-11,13,15-19H,3-5,7-8,12,14H2,1-2H3/q+1. The maximum Gasteiger partial charge on any atom is 0.225 e. The van der Waals surface area contributed by atoms with E-state index in [9.17, 15) is 0 Å². The maximum absolute atomic E-state index is 6.09. The first-order valence-electron chi connectivity index (χ1n) is 10.4. The van der Waals surface area contributed by atoms with E-state index in [1.807, 2.05) is 31.0 Å². The number of nitrogens with zero attached hydrogens (tertiary/aromatic N) is 5. The summed E-state index contributed by atoms with van der Waals surface area (Å²) in [7, 11) is 0. The zero-order valence-electron chi connectivity index (χ0n) is 16.9. The zero-order valence-corrected chi connectivity index (χ0v) is 16.9. The van der Waals surface area contributed by atoms with Crippen LogP contribution in [0.3, 0.4) is 0 Å². The van der Waals surface area contributed by atoms with Gasteiger partial charge in [0.15, 0.2) is 6.20 Å². The van der Waals surface area contributed by atoms with Gasteiger partial charge in [0.1, 0.15) is 12.4 Å². The molecule has 1 aliphatic carbocycles. The summed E-state index contributed by atoms with van der Waals surface area (Å²) in [6.07, 6.45) is 13.4. The first-order valence-corrected chi connectivity index (χ1v) is 10.4. The van der Waals surface area contributed by atoms with Crippen molar-refractivity contribution in [1.82, 2.24) is 4.90 Å². The molecule has 1 aromatic carbocycles. The lowest BCUT2D eigenvalue weighted by atomic mass is 9.91. The summed E-state index contributed by atoms with van der Waals surface area (Å²) in [5.74, 6) is 0.920. The van der Waals surface area contributed by atoms with Crippen molar-refractivity contribution in [3.8, 4) is 5.75 Å². The van der Waals surface area contributed by atoms with E-state index in [1.165, 1.54) is 19.3 Å². The van der Waals surface area contributed by atoms with Gasteiger partial charge in [-0.2, -0.15) is 0 Å². The second-order valence-electron chi connectivity index (χ2n) is 7.44. The van der Waals surface area contributed by atoms with E-state index in [4.69, 9.17) is 4.74 Å². The molecule has 1 atom stereocenters. The second-order valence-corrected chi connectivity index (χ2v) is 7.44. The van der Waals surface area contributed by atoms with E-state index >= 15 is 0 Å². The highest BCUT2D eigenvalue weighted by atomic mass is 16.5. The van der Waals surface area contributed by atoms with Crippen molar-refractivity contribution in [3.63, 3.8) is 0 Å². The summed E-state index contributed by atoms with van der Waals surface area (Å²) in [5.41, 5.74) is 2.23. The quantitative estimate of drug-likeness (QED) is 0.609. The average Bonchev–Trinajstić information content (AvgIpc) is 3.13. The van der Waals surface area contributed by atoms with E-state index in [0.29, 0.717) is 17.2 Å². The lowest BCUT2D eigenvalue weighted by Gasteiger charge is -2.46. The molecule has 6 nitrogen and oxygen atoms in total. The van der Waals surface area contributed by atoms with Crippen LogP contribution in [0.2, 0.25) is 0 Å². The normalized spacial score (nSPS) is 22.9. The molecule has 3 aliphatic rings. The molecule has 1 fully saturated rings. The van der Waals surface area contributed by atoms with Crippen molar-refractivity contribution < 1.29 is 9.33 Å². The zero-order chi connectivity index (χ0) is 19.4. The molecule has 0 radical (unpaired) electrons. The highest BCUT2D eigenvalue weighted by molar-refractivity contribution is 5.82. The number of ether oxygens (including phenoxy) is 1. The minimum atomic E-state index is 0.482. The summed E-state index contributed by atoms with van der Waals surface area (Å²) in [6, 6.07) is 8.95. The third-order valence-electron chi connectivity index (χ3n) is 5.88. The molecule has 148 valence electrons. The second kappa shape index (κ2) is 8.29. The lowest BCUT2D eigenvalue weighted by Crippen LogP contribution is -2.61. The van der Waals surface area contributed by atoms with Crippen molar-refractivity contribution in [2.45, 2.75) is 39.2 Å². The highest BCUT2D eigenvalue weighted by Crippen LogP contribution is 2.39. The molecule has 1 saturated carbocycles. The van der Waals surface area contributed by atoms with Crippen LogP contribution < -0.4 is 9.75 Å². The van der Waals surface area contributed by atoms with Crippen molar-refractivity contribution in [1.29, 1.82) is 0 Å². The van der Waals surface area contributed by atoms with Gasteiger partial charge in [-0.25, -0.2) is 10.0 Å². The fourth-order valence-electron chi connectivity index (χ4n) is 3.98.